The van der Waals surface area contributed by atoms with Crippen molar-refractivity contribution in [3.63, 3.8) is 0 Å². The lowest BCUT2D eigenvalue weighted by atomic mass is 10.2. The van der Waals surface area contributed by atoms with Gasteiger partial charge in [0.2, 0.25) is 0 Å². The summed E-state index contributed by atoms with van der Waals surface area (Å²) < 4.78 is 1.66. The van der Waals surface area contributed by atoms with E-state index in [2.05, 4.69) is 11.7 Å². The molecule has 4 N–H and O–H groups in total. The first-order valence-corrected chi connectivity index (χ1v) is 4.70. The highest BCUT2D eigenvalue weighted by Crippen LogP contribution is 2.14. The molecule has 1 heterocycles. The molecule has 0 atom stereocenters. The predicted octanol–water partition coefficient (Wildman–Crippen LogP) is 1.74. The summed E-state index contributed by atoms with van der Waals surface area (Å²) in [5, 5.41) is 4.08. The number of rotatable bonds is 4. The van der Waals surface area contributed by atoms with Crippen molar-refractivity contribution in [2.24, 2.45) is 0 Å². The summed E-state index contributed by atoms with van der Waals surface area (Å²) >= 11 is 0. The third kappa shape index (κ3) is 2.74. The predicted molar refractivity (Wildman–Crippen MR) is 64.1 cm³/mol. The molecule has 4 heteroatoms. The van der Waals surface area contributed by atoms with Crippen LogP contribution in [0.1, 0.15) is 6.92 Å². The Morgan fingerprint density at radius 3 is 2.80 bits per heavy atom. The van der Waals surface area contributed by atoms with Crippen molar-refractivity contribution in [2.45, 2.75) is 13.5 Å². The van der Waals surface area contributed by atoms with Gasteiger partial charge >= 0.3 is 0 Å². The Morgan fingerprint density at radius 1 is 1.60 bits per heavy atom. The van der Waals surface area contributed by atoms with E-state index >= 15 is 0 Å². The molecule has 1 aromatic rings. The molecule has 1 aromatic heterocycles. The third-order valence-corrected chi connectivity index (χ3v) is 2.06. The molecule has 0 saturated heterocycles. The first-order valence-electron chi connectivity index (χ1n) is 4.70. The fourth-order valence-electron chi connectivity index (χ4n) is 1.14. The molecule has 0 aliphatic carbocycles. The van der Waals surface area contributed by atoms with Crippen molar-refractivity contribution in [2.75, 3.05) is 11.5 Å². The molecule has 0 unspecified atom stereocenters. The SMILES string of the molecule is C=C/C=C\C(=C/C)Cn1ncc(N)c1N. The summed E-state index contributed by atoms with van der Waals surface area (Å²) in [5.74, 6) is 0.501. The van der Waals surface area contributed by atoms with E-state index in [-0.39, 0.29) is 0 Å². The second-order valence-electron chi connectivity index (χ2n) is 3.10. The maximum atomic E-state index is 5.74. The lowest BCUT2D eigenvalue weighted by Gasteiger charge is -2.04. The zero-order valence-electron chi connectivity index (χ0n) is 8.85. The van der Waals surface area contributed by atoms with E-state index in [4.69, 9.17) is 11.5 Å². The molecule has 0 fully saturated rings. The van der Waals surface area contributed by atoms with Crippen LogP contribution in [-0.2, 0) is 6.54 Å². The molecule has 80 valence electrons. The number of hydrogen-bond acceptors (Lipinski definition) is 3. The molecular weight excluding hydrogens is 188 g/mol. The van der Waals surface area contributed by atoms with Crippen molar-refractivity contribution in [1.82, 2.24) is 9.78 Å². The Morgan fingerprint density at radius 2 is 2.33 bits per heavy atom. The first-order chi connectivity index (χ1) is 7.19. The van der Waals surface area contributed by atoms with Crippen LogP contribution in [0.2, 0.25) is 0 Å². The summed E-state index contributed by atoms with van der Waals surface area (Å²) in [5.41, 5.74) is 12.9. The van der Waals surface area contributed by atoms with E-state index < -0.39 is 0 Å². The minimum atomic E-state index is 0.501. The molecular formula is C11H16N4. The van der Waals surface area contributed by atoms with Crippen molar-refractivity contribution in [3.05, 3.63) is 42.7 Å². The maximum Gasteiger partial charge on any atom is 0.145 e. The number of aromatic nitrogens is 2. The van der Waals surface area contributed by atoms with Crippen LogP contribution in [0, 0.1) is 0 Å². The minimum absolute atomic E-state index is 0.501. The number of allylic oxidation sites excluding steroid dienone is 5. The normalized spacial score (nSPS) is 12.2. The van der Waals surface area contributed by atoms with Crippen molar-refractivity contribution >= 4 is 11.5 Å². The molecule has 0 aliphatic heterocycles. The van der Waals surface area contributed by atoms with E-state index in [1.54, 1.807) is 17.0 Å². The van der Waals surface area contributed by atoms with E-state index in [1.165, 1.54) is 0 Å². The van der Waals surface area contributed by atoms with Crippen LogP contribution in [0.15, 0.2) is 42.7 Å². The van der Waals surface area contributed by atoms with Gasteiger partial charge in [-0.3, -0.25) is 0 Å². The van der Waals surface area contributed by atoms with Gasteiger partial charge in [0.25, 0.3) is 0 Å². The number of nitrogens with zero attached hydrogens (tertiary/aromatic N) is 2. The summed E-state index contributed by atoms with van der Waals surface area (Å²) in [6, 6.07) is 0. The Kier molecular flexibility index (Phi) is 3.74. The summed E-state index contributed by atoms with van der Waals surface area (Å²) in [6.07, 6.45) is 9.12. The lowest BCUT2D eigenvalue weighted by molar-refractivity contribution is 0.696. The number of nitrogen functional groups attached to an aromatic ring is 2. The minimum Gasteiger partial charge on any atom is -0.394 e. The maximum absolute atomic E-state index is 5.74. The van der Waals surface area contributed by atoms with Crippen LogP contribution in [0.4, 0.5) is 11.5 Å². The molecule has 0 bridgehead atoms. The second kappa shape index (κ2) is 5.05. The van der Waals surface area contributed by atoms with E-state index in [1.807, 2.05) is 25.2 Å². The van der Waals surface area contributed by atoms with Crippen LogP contribution >= 0.6 is 0 Å². The fourth-order valence-corrected chi connectivity index (χ4v) is 1.14. The monoisotopic (exact) mass is 204 g/mol. The number of hydrogen-bond donors (Lipinski definition) is 2. The Hall–Kier alpha value is -1.97. The fraction of sp³-hybridized carbons (Fsp3) is 0.182. The van der Waals surface area contributed by atoms with Gasteiger partial charge in [-0.25, -0.2) is 4.68 Å². The van der Waals surface area contributed by atoms with Gasteiger partial charge in [0, 0.05) is 0 Å². The molecule has 0 saturated carbocycles. The van der Waals surface area contributed by atoms with E-state index in [0.29, 0.717) is 18.1 Å². The van der Waals surface area contributed by atoms with Crippen LogP contribution in [0.3, 0.4) is 0 Å². The van der Waals surface area contributed by atoms with Gasteiger partial charge < -0.3 is 11.5 Å². The van der Waals surface area contributed by atoms with Gasteiger partial charge in [0.1, 0.15) is 5.82 Å². The average Bonchev–Trinajstić information content (AvgIpc) is 2.55. The standard InChI is InChI=1S/C11H16N4/c1-3-5-6-9(4-2)8-15-11(13)10(12)7-14-15/h3-7H,1,8,12-13H2,2H3/b6-5-,9-4+. The molecule has 0 radical (unpaired) electrons. The van der Waals surface area contributed by atoms with Crippen LogP contribution in [0.25, 0.3) is 0 Å². The van der Waals surface area contributed by atoms with E-state index in [0.717, 1.165) is 5.57 Å². The van der Waals surface area contributed by atoms with Gasteiger partial charge in [-0.15, -0.1) is 0 Å². The summed E-state index contributed by atoms with van der Waals surface area (Å²) in [7, 11) is 0. The molecule has 15 heavy (non-hydrogen) atoms. The Labute approximate surface area is 89.6 Å². The van der Waals surface area contributed by atoms with Gasteiger partial charge in [-0.2, -0.15) is 5.10 Å². The molecule has 4 nitrogen and oxygen atoms in total. The molecule has 0 aliphatic rings. The topological polar surface area (TPSA) is 69.9 Å². The van der Waals surface area contributed by atoms with Gasteiger partial charge in [-0.1, -0.05) is 30.9 Å². The number of nitrogens with two attached hydrogens (primary N) is 2. The first kappa shape index (κ1) is 11.1. The Balaban J connectivity index is 2.80. The van der Waals surface area contributed by atoms with Gasteiger partial charge in [-0.05, 0) is 12.5 Å². The smallest absolute Gasteiger partial charge is 0.145 e. The average molecular weight is 204 g/mol. The van der Waals surface area contributed by atoms with Crippen LogP contribution in [0.5, 0.6) is 0 Å². The summed E-state index contributed by atoms with van der Waals surface area (Å²) in [6.45, 7) is 6.19. The van der Waals surface area contributed by atoms with Crippen molar-refractivity contribution in [3.8, 4) is 0 Å². The van der Waals surface area contributed by atoms with Crippen molar-refractivity contribution < 1.29 is 0 Å². The van der Waals surface area contributed by atoms with Crippen LogP contribution in [-0.4, -0.2) is 9.78 Å². The van der Waals surface area contributed by atoms with Gasteiger partial charge in [0.05, 0.1) is 18.4 Å². The lowest BCUT2D eigenvalue weighted by Crippen LogP contribution is -2.06. The largest absolute Gasteiger partial charge is 0.394 e. The Bertz CT molecular complexity index is 399. The zero-order chi connectivity index (χ0) is 11.3. The highest BCUT2D eigenvalue weighted by molar-refractivity contribution is 5.57. The molecule has 1 rings (SSSR count). The summed E-state index contributed by atoms with van der Waals surface area (Å²) in [4.78, 5) is 0. The van der Waals surface area contributed by atoms with Gasteiger partial charge in [0.15, 0.2) is 0 Å². The molecule has 0 spiro atoms. The van der Waals surface area contributed by atoms with E-state index in [9.17, 15) is 0 Å². The molecule has 0 amide bonds. The zero-order valence-corrected chi connectivity index (χ0v) is 8.85. The highest BCUT2D eigenvalue weighted by Gasteiger charge is 2.03. The highest BCUT2D eigenvalue weighted by atomic mass is 15.3. The third-order valence-electron chi connectivity index (χ3n) is 2.06. The molecule has 0 aromatic carbocycles. The van der Waals surface area contributed by atoms with Crippen LogP contribution < -0.4 is 11.5 Å². The quantitative estimate of drug-likeness (QED) is 0.734. The number of anilines is 2. The van der Waals surface area contributed by atoms with Crippen molar-refractivity contribution in [1.29, 1.82) is 0 Å². The second-order valence-corrected chi connectivity index (χ2v) is 3.10.